The Hall–Kier alpha value is -1.59. The van der Waals surface area contributed by atoms with Crippen molar-refractivity contribution in [1.82, 2.24) is 5.32 Å². The average Bonchev–Trinajstić information content (AvgIpc) is 2.85. The average molecular weight is 293 g/mol. The van der Waals surface area contributed by atoms with Gasteiger partial charge in [0.05, 0.1) is 13.2 Å². The van der Waals surface area contributed by atoms with E-state index < -0.39 is 6.10 Å². The van der Waals surface area contributed by atoms with Gasteiger partial charge in [0, 0.05) is 25.0 Å². The number of carbonyl (C=O) groups excluding carboxylic acids is 1. The molecule has 0 heterocycles. The molecule has 3 N–H and O–H groups in total. The van der Waals surface area contributed by atoms with Gasteiger partial charge in [0.25, 0.3) is 0 Å². The lowest BCUT2D eigenvalue weighted by Gasteiger charge is -2.12. The number of rotatable bonds is 6. The van der Waals surface area contributed by atoms with Crippen LogP contribution in [-0.2, 0) is 11.2 Å². The molecule has 1 aliphatic rings. The molecule has 0 aliphatic heterocycles. The first kappa shape index (κ1) is 15.8. The number of benzene rings is 1. The summed E-state index contributed by atoms with van der Waals surface area (Å²) in [5.74, 6) is 0.677. The molecule has 0 bridgehead atoms. The molecule has 1 aromatic rings. The number of methoxy groups -OCH3 is 1. The first-order valence-corrected chi connectivity index (χ1v) is 7.33. The van der Waals surface area contributed by atoms with Crippen molar-refractivity contribution in [2.24, 2.45) is 5.92 Å². The van der Waals surface area contributed by atoms with E-state index in [1.807, 2.05) is 24.3 Å². The van der Waals surface area contributed by atoms with E-state index in [0.717, 1.165) is 11.3 Å². The summed E-state index contributed by atoms with van der Waals surface area (Å²) >= 11 is 0. The van der Waals surface area contributed by atoms with Crippen LogP contribution in [0.5, 0.6) is 5.75 Å². The molecule has 1 aromatic carbocycles. The number of aliphatic hydroxyl groups is 2. The normalized spacial score (nSPS) is 24.8. The summed E-state index contributed by atoms with van der Waals surface area (Å²) in [6, 6.07) is 7.64. The lowest BCUT2D eigenvalue weighted by molar-refractivity contribution is -0.121. The molecule has 1 amide bonds. The van der Waals surface area contributed by atoms with Crippen LogP contribution in [0.4, 0.5) is 0 Å². The summed E-state index contributed by atoms with van der Waals surface area (Å²) in [5, 5.41) is 21.7. The molecule has 0 spiro atoms. The number of carbonyl (C=O) groups is 1. The predicted octanol–water partition coefficient (Wildman–Crippen LogP) is 0.876. The summed E-state index contributed by atoms with van der Waals surface area (Å²) in [5.41, 5.74) is 1.09. The zero-order valence-electron chi connectivity index (χ0n) is 12.3. The summed E-state index contributed by atoms with van der Waals surface area (Å²) in [7, 11) is 1.62. The van der Waals surface area contributed by atoms with Gasteiger partial charge in [-0.15, -0.1) is 0 Å². The van der Waals surface area contributed by atoms with Crippen LogP contribution in [0.2, 0.25) is 0 Å². The van der Waals surface area contributed by atoms with E-state index in [-0.39, 0.29) is 24.5 Å². The molecule has 1 fully saturated rings. The van der Waals surface area contributed by atoms with Crippen LogP contribution in [0.25, 0.3) is 0 Å². The second kappa shape index (κ2) is 7.43. The fraction of sp³-hybridized carbons (Fsp3) is 0.562. The molecular weight excluding hydrogens is 270 g/mol. The second-order valence-corrected chi connectivity index (χ2v) is 5.59. The molecule has 1 aliphatic carbocycles. The fourth-order valence-corrected chi connectivity index (χ4v) is 2.77. The molecule has 0 unspecified atom stereocenters. The molecule has 2 rings (SSSR count). The Labute approximate surface area is 124 Å². The van der Waals surface area contributed by atoms with Crippen LogP contribution < -0.4 is 10.1 Å². The van der Waals surface area contributed by atoms with E-state index >= 15 is 0 Å². The highest BCUT2D eigenvalue weighted by atomic mass is 16.5. The van der Waals surface area contributed by atoms with E-state index in [4.69, 9.17) is 9.84 Å². The third-order valence-corrected chi connectivity index (χ3v) is 4.06. The number of ether oxygens (including phenoxy) is 1. The molecule has 1 saturated carbocycles. The second-order valence-electron chi connectivity index (χ2n) is 5.59. The van der Waals surface area contributed by atoms with Crippen molar-refractivity contribution in [1.29, 1.82) is 0 Å². The Morgan fingerprint density at radius 1 is 1.33 bits per heavy atom. The maximum absolute atomic E-state index is 11.9. The van der Waals surface area contributed by atoms with Gasteiger partial charge in [-0.05, 0) is 37.0 Å². The summed E-state index contributed by atoms with van der Waals surface area (Å²) in [4.78, 5) is 11.9. The van der Waals surface area contributed by atoms with Crippen molar-refractivity contribution in [2.75, 3.05) is 13.7 Å². The highest BCUT2D eigenvalue weighted by Gasteiger charge is 2.32. The summed E-state index contributed by atoms with van der Waals surface area (Å²) < 4.78 is 5.09. The minimum Gasteiger partial charge on any atom is -0.497 e. The highest BCUT2D eigenvalue weighted by Crippen LogP contribution is 2.25. The number of hydrogen-bond donors (Lipinski definition) is 3. The largest absolute Gasteiger partial charge is 0.497 e. The van der Waals surface area contributed by atoms with Crippen molar-refractivity contribution < 1.29 is 19.7 Å². The summed E-state index contributed by atoms with van der Waals surface area (Å²) in [6.07, 6.45) is 1.75. The summed E-state index contributed by atoms with van der Waals surface area (Å²) in [6.45, 7) is -0.0284. The zero-order chi connectivity index (χ0) is 15.2. The predicted molar refractivity (Wildman–Crippen MR) is 79.1 cm³/mol. The third-order valence-electron chi connectivity index (χ3n) is 4.06. The van der Waals surface area contributed by atoms with Gasteiger partial charge < -0.3 is 20.3 Å². The maximum atomic E-state index is 11.9. The quantitative estimate of drug-likeness (QED) is 0.727. The van der Waals surface area contributed by atoms with Gasteiger partial charge in [-0.2, -0.15) is 0 Å². The first-order valence-electron chi connectivity index (χ1n) is 7.33. The number of nitrogens with one attached hydrogen (secondary N) is 1. The smallest absolute Gasteiger partial charge is 0.220 e. The highest BCUT2D eigenvalue weighted by molar-refractivity contribution is 5.76. The molecule has 5 heteroatoms. The zero-order valence-corrected chi connectivity index (χ0v) is 12.3. The standard InChI is InChI=1S/C16H23NO4/c1-21-14-5-2-11(3-6-14)4-7-16(20)17-13-8-12(10-18)15(19)9-13/h2-3,5-6,12-13,15,18-19H,4,7-10H2,1H3,(H,17,20)/t12-,13-,15+/m0/s1. The molecule has 116 valence electrons. The van der Waals surface area contributed by atoms with Crippen molar-refractivity contribution in [2.45, 2.75) is 37.8 Å². The van der Waals surface area contributed by atoms with Gasteiger partial charge in [0.15, 0.2) is 0 Å². The molecule has 0 saturated heterocycles. The third kappa shape index (κ3) is 4.44. The van der Waals surface area contributed by atoms with Crippen LogP contribution in [0, 0.1) is 5.92 Å². The monoisotopic (exact) mass is 293 g/mol. The molecule has 0 radical (unpaired) electrons. The number of amides is 1. The Morgan fingerprint density at radius 2 is 2.05 bits per heavy atom. The van der Waals surface area contributed by atoms with Gasteiger partial charge in [-0.25, -0.2) is 0 Å². The molecule has 5 nitrogen and oxygen atoms in total. The molecule has 21 heavy (non-hydrogen) atoms. The van der Waals surface area contributed by atoms with Crippen LogP contribution in [0.15, 0.2) is 24.3 Å². The molecule has 3 atom stereocenters. The van der Waals surface area contributed by atoms with E-state index in [0.29, 0.717) is 25.7 Å². The number of hydrogen-bond acceptors (Lipinski definition) is 4. The molecule has 0 aromatic heterocycles. The van der Waals surface area contributed by atoms with Gasteiger partial charge in [0.2, 0.25) is 5.91 Å². The topological polar surface area (TPSA) is 78.8 Å². The van der Waals surface area contributed by atoms with Crippen LogP contribution in [0.1, 0.15) is 24.8 Å². The lowest BCUT2D eigenvalue weighted by Crippen LogP contribution is -2.33. The van der Waals surface area contributed by atoms with Crippen LogP contribution in [0.3, 0.4) is 0 Å². The Bertz CT molecular complexity index is 460. The number of aliphatic hydroxyl groups excluding tert-OH is 2. The van der Waals surface area contributed by atoms with Crippen LogP contribution >= 0.6 is 0 Å². The minimum absolute atomic E-state index is 0.0124. The van der Waals surface area contributed by atoms with Gasteiger partial charge in [-0.3, -0.25) is 4.79 Å². The van der Waals surface area contributed by atoms with Gasteiger partial charge >= 0.3 is 0 Å². The van der Waals surface area contributed by atoms with Gasteiger partial charge in [0.1, 0.15) is 5.75 Å². The van der Waals surface area contributed by atoms with Crippen molar-refractivity contribution in [3.63, 3.8) is 0 Å². The maximum Gasteiger partial charge on any atom is 0.220 e. The van der Waals surface area contributed by atoms with E-state index in [1.165, 1.54) is 0 Å². The first-order chi connectivity index (χ1) is 10.1. The van der Waals surface area contributed by atoms with Crippen LogP contribution in [-0.4, -0.2) is 42.0 Å². The van der Waals surface area contributed by atoms with Crippen molar-refractivity contribution in [3.05, 3.63) is 29.8 Å². The SMILES string of the molecule is COc1ccc(CCC(=O)N[C@H]2C[C@@H](CO)[C@H](O)C2)cc1. The van der Waals surface area contributed by atoms with Crippen molar-refractivity contribution in [3.8, 4) is 5.75 Å². The lowest BCUT2D eigenvalue weighted by atomic mass is 10.1. The number of aryl methyl sites for hydroxylation is 1. The fourth-order valence-electron chi connectivity index (χ4n) is 2.77. The van der Waals surface area contributed by atoms with Gasteiger partial charge in [-0.1, -0.05) is 12.1 Å². The minimum atomic E-state index is -0.512. The Balaban J connectivity index is 1.74. The molecular formula is C16H23NO4. The van der Waals surface area contributed by atoms with E-state index in [9.17, 15) is 9.90 Å². The Morgan fingerprint density at radius 3 is 2.62 bits per heavy atom. The van der Waals surface area contributed by atoms with E-state index in [1.54, 1.807) is 7.11 Å². The Kier molecular flexibility index (Phi) is 5.59. The van der Waals surface area contributed by atoms with E-state index in [2.05, 4.69) is 5.32 Å². The van der Waals surface area contributed by atoms with Crippen molar-refractivity contribution >= 4 is 5.91 Å².